The Kier molecular flexibility index (Phi) is 4.49. The normalized spacial score (nSPS) is 27.1. The van der Waals surface area contributed by atoms with Gasteiger partial charge in [-0.05, 0) is 68.4 Å². The fourth-order valence-electron chi connectivity index (χ4n) is 4.95. The summed E-state index contributed by atoms with van der Waals surface area (Å²) < 4.78 is 8.08. The van der Waals surface area contributed by atoms with Crippen LogP contribution in [-0.2, 0) is 5.41 Å². The minimum absolute atomic E-state index is 0.0158. The minimum Gasteiger partial charge on any atom is -0.452 e. The summed E-state index contributed by atoms with van der Waals surface area (Å²) in [7, 11) is 0. The van der Waals surface area contributed by atoms with Gasteiger partial charge >= 0.3 is 0 Å². The molecule has 2 aromatic heterocycles. The molecule has 7 heteroatoms. The van der Waals surface area contributed by atoms with Crippen molar-refractivity contribution in [2.24, 2.45) is 5.92 Å². The van der Waals surface area contributed by atoms with E-state index in [2.05, 4.69) is 10.2 Å². The van der Waals surface area contributed by atoms with E-state index in [4.69, 9.17) is 27.9 Å². The highest BCUT2D eigenvalue weighted by atomic mass is 35.5. The summed E-state index contributed by atoms with van der Waals surface area (Å²) in [5.74, 6) is 2.47. The molecule has 1 N–H and O–H groups in total. The first-order valence-corrected chi connectivity index (χ1v) is 10.5. The van der Waals surface area contributed by atoms with Crippen molar-refractivity contribution in [2.75, 3.05) is 0 Å². The molecule has 1 aromatic carbocycles. The number of pyridine rings is 1. The van der Waals surface area contributed by atoms with Crippen LogP contribution in [0.2, 0.25) is 10.0 Å². The van der Waals surface area contributed by atoms with E-state index in [-0.39, 0.29) is 11.5 Å². The molecule has 2 aliphatic carbocycles. The molecule has 2 saturated carbocycles. The number of aromatic nitrogens is 3. The maximum absolute atomic E-state index is 10.3. The third kappa shape index (κ3) is 2.97. The highest BCUT2D eigenvalue weighted by molar-refractivity contribution is 6.35. The topological polar surface area (TPSA) is 59.7 Å². The van der Waals surface area contributed by atoms with Crippen LogP contribution in [0, 0.1) is 5.92 Å². The van der Waals surface area contributed by atoms with Gasteiger partial charge in [-0.15, -0.1) is 10.2 Å². The molecule has 28 heavy (non-hydrogen) atoms. The van der Waals surface area contributed by atoms with Gasteiger partial charge in [0.1, 0.15) is 11.6 Å². The Balaban J connectivity index is 1.54. The van der Waals surface area contributed by atoms with Crippen molar-refractivity contribution in [3.63, 3.8) is 0 Å². The van der Waals surface area contributed by atoms with Gasteiger partial charge in [-0.1, -0.05) is 29.6 Å². The number of ether oxygens (including phenoxy) is 1. The molecular weight excluding hydrogens is 397 g/mol. The lowest BCUT2D eigenvalue weighted by molar-refractivity contribution is 0.00430. The number of aliphatic hydroxyl groups excluding tert-OH is 1. The number of hydrogen-bond acceptors (Lipinski definition) is 4. The Morgan fingerprint density at radius 3 is 2.86 bits per heavy atom. The first kappa shape index (κ1) is 18.2. The predicted octanol–water partition coefficient (Wildman–Crippen LogP) is 5.41. The fourth-order valence-corrected chi connectivity index (χ4v) is 5.40. The van der Waals surface area contributed by atoms with Crippen LogP contribution in [0.25, 0.3) is 5.65 Å². The Hall–Kier alpha value is -1.82. The number of hydrogen-bond donors (Lipinski definition) is 1. The van der Waals surface area contributed by atoms with E-state index in [1.165, 1.54) is 0 Å². The zero-order chi connectivity index (χ0) is 19.3. The predicted molar refractivity (Wildman–Crippen MR) is 108 cm³/mol. The van der Waals surface area contributed by atoms with Crippen molar-refractivity contribution in [2.45, 2.75) is 50.0 Å². The highest BCUT2D eigenvalue weighted by Crippen LogP contribution is 2.50. The van der Waals surface area contributed by atoms with Crippen molar-refractivity contribution in [1.82, 2.24) is 14.6 Å². The van der Waals surface area contributed by atoms with Crippen molar-refractivity contribution in [3.05, 3.63) is 52.4 Å². The number of halogens is 2. The first-order chi connectivity index (χ1) is 13.6. The van der Waals surface area contributed by atoms with Crippen LogP contribution < -0.4 is 4.74 Å². The molecule has 0 aliphatic heterocycles. The summed E-state index contributed by atoms with van der Waals surface area (Å²) in [5, 5.41) is 20.4. The van der Waals surface area contributed by atoms with E-state index >= 15 is 0 Å². The molecule has 0 amide bonds. The summed E-state index contributed by atoms with van der Waals surface area (Å²) in [6.07, 6.45) is 7.86. The summed E-state index contributed by atoms with van der Waals surface area (Å²) in [6.45, 7) is 0. The quantitative estimate of drug-likeness (QED) is 0.618. The average molecular weight is 418 g/mol. The third-order valence-corrected chi connectivity index (χ3v) is 6.86. The van der Waals surface area contributed by atoms with E-state index in [9.17, 15) is 5.11 Å². The molecule has 2 aliphatic rings. The monoisotopic (exact) mass is 417 g/mol. The minimum atomic E-state index is -0.182. The second kappa shape index (κ2) is 6.90. The molecule has 5 nitrogen and oxygen atoms in total. The van der Waals surface area contributed by atoms with Crippen molar-refractivity contribution in [3.8, 4) is 11.5 Å². The van der Waals surface area contributed by atoms with Gasteiger partial charge < -0.3 is 9.84 Å². The molecule has 3 aromatic rings. The third-order valence-electron chi connectivity index (χ3n) is 6.33. The number of nitrogens with zero attached hydrogens (tertiary/aromatic N) is 3. The molecule has 5 rings (SSSR count). The molecule has 2 fully saturated rings. The Labute approximate surface area is 173 Å². The van der Waals surface area contributed by atoms with E-state index in [0.717, 1.165) is 44.3 Å². The second-order valence-electron chi connectivity index (χ2n) is 8.01. The van der Waals surface area contributed by atoms with Gasteiger partial charge in [0.15, 0.2) is 5.75 Å². The summed E-state index contributed by atoms with van der Waals surface area (Å²) in [6, 6.07) is 8.95. The van der Waals surface area contributed by atoms with Crippen LogP contribution in [0.5, 0.6) is 11.5 Å². The zero-order valence-electron chi connectivity index (χ0n) is 15.3. The molecular formula is C21H21Cl2N3O2. The Morgan fingerprint density at radius 1 is 1.11 bits per heavy atom. The molecule has 146 valence electrons. The Bertz CT molecular complexity index is 1040. The number of rotatable bonds is 3. The van der Waals surface area contributed by atoms with Crippen molar-refractivity contribution >= 4 is 28.8 Å². The zero-order valence-corrected chi connectivity index (χ0v) is 16.8. The van der Waals surface area contributed by atoms with Crippen LogP contribution in [0.4, 0.5) is 0 Å². The number of benzene rings is 1. The van der Waals surface area contributed by atoms with Gasteiger partial charge in [-0.3, -0.25) is 4.40 Å². The molecule has 0 spiro atoms. The van der Waals surface area contributed by atoms with E-state index < -0.39 is 0 Å². The average Bonchev–Trinajstić information content (AvgIpc) is 3.13. The lowest BCUT2D eigenvalue weighted by atomic mass is 9.60. The van der Waals surface area contributed by atoms with Gasteiger partial charge in [-0.2, -0.15) is 0 Å². The maximum atomic E-state index is 10.3. The molecule has 2 heterocycles. The van der Waals surface area contributed by atoms with Crippen LogP contribution in [0.3, 0.4) is 0 Å². The second-order valence-corrected chi connectivity index (χ2v) is 8.85. The SMILES string of the molecule is OC1CCC2(c3nnc4c(Oc5ccc(Cl)cc5Cl)cccn34)CCCC1C2. The van der Waals surface area contributed by atoms with Crippen molar-refractivity contribution in [1.29, 1.82) is 0 Å². The smallest absolute Gasteiger partial charge is 0.203 e. The van der Waals surface area contributed by atoms with Crippen LogP contribution >= 0.6 is 23.2 Å². The van der Waals surface area contributed by atoms with E-state index in [0.29, 0.717) is 33.1 Å². The summed E-state index contributed by atoms with van der Waals surface area (Å²) >= 11 is 12.2. The highest BCUT2D eigenvalue weighted by Gasteiger charge is 2.46. The van der Waals surface area contributed by atoms with Gasteiger partial charge in [-0.25, -0.2) is 0 Å². The van der Waals surface area contributed by atoms with Gasteiger partial charge in [0.05, 0.1) is 11.1 Å². The molecule has 3 unspecified atom stereocenters. The standard InChI is InChI=1S/C21H21Cl2N3O2/c22-14-5-6-17(15(23)11-14)28-18-4-2-10-26-19(18)24-25-20(26)21-8-1-3-13(12-21)16(27)7-9-21/h2,4-6,10-11,13,16,27H,1,3,7-9,12H2. The van der Waals surface area contributed by atoms with Crippen LogP contribution in [0.15, 0.2) is 36.5 Å². The number of aliphatic hydroxyl groups is 1. The lowest BCUT2D eigenvalue weighted by Crippen LogP contribution is -2.44. The molecule has 3 atom stereocenters. The van der Waals surface area contributed by atoms with Gasteiger partial charge in [0.2, 0.25) is 5.65 Å². The number of fused-ring (bicyclic) bond motifs is 3. The first-order valence-electron chi connectivity index (χ1n) is 9.71. The van der Waals surface area contributed by atoms with E-state index in [1.54, 1.807) is 18.2 Å². The van der Waals surface area contributed by atoms with Crippen LogP contribution in [0.1, 0.15) is 44.3 Å². The summed E-state index contributed by atoms with van der Waals surface area (Å²) in [5.41, 5.74) is 0.657. The summed E-state index contributed by atoms with van der Waals surface area (Å²) in [4.78, 5) is 0. The van der Waals surface area contributed by atoms with Crippen molar-refractivity contribution < 1.29 is 9.84 Å². The molecule has 2 bridgehead atoms. The Morgan fingerprint density at radius 2 is 2.00 bits per heavy atom. The van der Waals surface area contributed by atoms with Crippen LogP contribution in [-0.4, -0.2) is 25.8 Å². The van der Waals surface area contributed by atoms with Gasteiger partial charge in [0, 0.05) is 16.6 Å². The largest absolute Gasteiger partial charge is 0.452 e. The van der Waals surface area contributed by atoms with Gasteiger partial charge in [0.25, 0.3) is 0 Å². The maximum Gasteiger partial charge on any atom is 0.203 e. The fraction of sp³-hybridized carbons (Fsp3) is 0.429. The lowest BCUT2D eigenvalue weighted by Gasteiger charge is -2.46. The molecule has 0 saturated heterocycles. The molecule has 0 radical (unpaired) electrons. The van der Waals surface area contributed by atoms with E-state index in [1.807, 2.05) is 22.7 Å².